The van der Waals surface area contributed by atoms with E-state index in [-0.39, 0.29) is 0 Å². The summed E-state index contributed by atoms with van der Waals surface area (Å²) in [6, 6.07) is 78.1. The second-order valence-corrected chi connectivity index (χ2v) is 16.1. The molecule has 3 heterocycles. The topological polar surface area (TPSA) is 69.4 Å². The minimum atomic E-state index is 0.618. The van der Waals surface area contributed by atoms with E-state index in [1.54, 1.807) is 0 Å². The molecular formula is C59H38N6. The van der Waals surface area contributed by atoms with Crippen LogP contribution in [0.1, 0.15) is 0 Å². The summed E-state index contributed by atoms with van der Waals surface area (Å²) in [5, 5.41) is 4.69. The van der Waals surface area contributed by atoms with E-state index in [2.05, 4.69) is 168 Å². The van der Waals surface area contributed by atoms with Gasteiger partial charge in [-0.1, -0.05) is 182 Å². The lowest BCUT2D eigenvalue weighted by atomic mass is 9.86. The minimum Gasteiger partial charge on any atom is -0.291 e. The molecule has 6 nitrogen and oxygen atoms in total. The van der Waals surface area contributed by atoms with E-state index in [9.17, 15) is 0 Å². The molecule has 0 amide bonds. The first-order valence-electron chi connectivity index (χ1n) is 21.7. The zero-order valence-corrected chi connectivity index (χ0v) is 35.1. The van der Waals surface area contributed by atoms with Gasteiger partial charge in [0.2, 0.25) is 0 Å². The molecule has 304 valence electrons. The molecule has 0 radical (unpaired) electrons. The number of nitrogens with zero attached hydrogens (tertiary/aromatic N) is 6. The van der Waals surface area contributed by atoms with Gasteiger partial charge in [0.15, 0.2) is 23.3 Å². The van der Waals surface area contributed by atoms with E-state index in [0.29, 0.717) is 17.5 Å². The van der Waals surface area contributed by atoms with Crippen LogP contribution in [0.4, 0.5) is 0 Å². The van der Waals surface area contributed by atoms with Gasteiger partial charge in [-0.05, 0) is 97.4 Å². The third-order valence-electron chi connectivity index (χ3n) is 12.1. The summed E-state index contributed by atoms with van der Waals surface area (Å²) in [5.74, 6) is 2.68. The van der Waals surface area contributed by atoms with Crippen LogP contribution in [-0.2, 0) is 0 Å². The third kappa shape index (κ3) is 6.90. The fourth-order valence-corrected chi connectivity index (χ4v) is 9.09. The third-order valence-corrected chi connectivity index (χ3v) is 12.1. The van der Waals surface area contributed by atoms with Crippen LogP contribution in [0.2, 0.25) is 0 Å². The van der Waals surface area contributed by atoms with Crippen molar-refractivity contribution in [2.75, 3.05) is 0 Å². The molecule has 0 fully saturated rings. The molecule has 9 aromatic carbocycles. The van der Waals surface area contributed by atoms with Crippen molar-refractivity contribution in [2.45, 2.75) is 0 Å². The molecule has 0 aliphatic rings. The molecule has 0 aliphatic carbocycles. The molecule has 12 rings (SSSR count). The Kier molecular flexibility index (Phi) is 9.38. The van der Waals surface area contributed by atoms with Gasteiger partial charge in [-0.15, -0.1) is 0 Å². The summed E-state index contributed by atoms with van der Waals surface area (Å²) in [6.07, 6.45) is 1.82. The first kappa shape index (κ1) is 37.9. The van der Waals surface area contributed by atoms with Gasteiger partial charge < -0.3 is 0 Å². The van der Waals surface area contributed by atoms with Gasteiger partial charge in [-0.3, -0.25) is 9.55 Å². The van der Waals surface area contributed by atoms with Crippen LogP contribution in [0, 0.1) is 0 Å². The van der Waals surface area contributed by atoms with Gasteiger partial charge in [0.25, 0.3) is 0 Å². The van der Waals surface area contributed by atoms with Crippen LogP contribution in [0.3, 0.4) is 0 Å². The van der Waals surface area contributed by atoms with E-state index in [0.717, 1.165) is 67.2 Å². The van der Waals surface area contributed by atoms with Gasteiger partial charge in [0.1, 0.15) is 5.69 Å². The molecule has 0 saturated heterocycles. The van der Waals surface area contributed by atoms with Crippen molar-refractivity contribution in [2.24, 2.45) is 0 Å². The fourth-order valence-electron chi connectivity index (χ4n) is 9.09. The van der Waals surface area contributed by atoms with Crippen LogP contribution in [0.25, 0.3) is 117 Å². The smallest absolute Gasteiger partial charge is 0.164 e. The second-order valence-electron chi connectivity index (χ2n) is 16.1. The van der Waals surface area contributed by atoms with Gasteiger partial charge in [0, 0.05) is 28.6 Å². The molecule has 0 spiro atoms. The Bertz CT molecular complexity index is 3620. The summed E-state index contributed by atoms with van der Waals surface area (Å²) >= 11 is 0. The molecule has 0 atom stereocenters. The second kappa shape index (κ2) is 16.1. The minimum absolute atomic E-state index is 0.618. The van der Waals surface area contributed by atoms with Crippen LogP contribution in [0.5, 0.6) is 0 Å². The molecule has 12 aromatic rings. The van der Waals surface area contributed by atoms with Crippen molar-refractivity contribution in [3.05, 3.63) is 231 Å². The SMILES string of the molecule is c1ccc(-c2cccc(-c3nc(-c4ccccc4)nc(-c4ccc(-c5c6ccccc6c(-c6ccc7nc(-c8ccccn8)n(-c8ccccc8)c7c6)c6ccccc56)cc4)n3)c2)cc1. The average molecular weight is 831 g/mol. The molecule has 0 N–H and O–H groups in total. The van der Waals surface area contributed by atoms with E-state index < -0.39 is 0 Å². The zero-order valence-electron chi connectivity index (χ0n) is 35.1. The summed E-state index contributed by atoms with van der Waals surface area (Å²) in [4.78, 5) is 25.1. The molecule has 65 heavy (non-hydrogen) atoms. The Labute approximate surface area is 375 Å². The van der Waals surface area contributed by atoms with Crippen molar-refractivity contribution in [1.82, 2.24) is 29.5 Å². The van der Waals surface area contributed by atoms with E-state index in [1.165, 1.54) is 32.7 Å². The number of rotatable bonds is 8. The lowest BCUT2D eigenvalue weighted by Crippen LogP contribution is -2.00. The van der Waals surface area contributed by atoms with E-state index >= 15 is 0 Å². The number of fused-ring (bicyclic) bond motifs is 3. The zero-order chi connectivity index (χ0) is 43.1. The van der Waals surface area contributed by atoms with Gasteiger partial charge in [-0.25, -0.2) is 19.9 Å². The van der Waals surface area contributed by atoms with E-state index in [1.807, 2.05) is 66.9 Å². The summed E-state index contributed by atoms with van der Waals surface area (Å²) in [6.45, 7) is 0. The van der Waals surface area contributed by atoms with Gasteiger partial charge >= 0.3 is 0 Å². The number of hydrogen-bond acceptors (Lipinski definition) is 5. The van der Waals surface area contributed by atoms with Crippen molar-refractivity contribution >= 4 is 32.6 Å². The molecular weight excluding hydrogens is 793 g/mol. The number of imidazole rings is 1. The Balaban J connectivity index is 0.991. The molecule has 6 heteroatoms. The Hall–Kier alpha value is -8.87. The maximum absolute atomic E-state index is 5.14. The van der Waals surface area contributed by atoms with Crippen molar-refractivity contribution in [3.8, 4) is 84.7 Å². The van der Waals surface area contributed by atoms with Crippen LogP contribution in [0.15, 0.2) is 231 Å². The highest BCUT2D eigenvalue weighted by Crippen LogP contribution is 2.45. The predicted molar refractivity (Wildman–Crippen MR) is 265 cm³/mol. The maximum Gasteiger partial charge on any atom is 0.164 e. The lowest BCUT2D eigenvalue weighted by molar-refractivity contribution is 1.07. The van der Waals surface area contributed by atoms with Crippen LogP contribution in [-0.4, -0.2) is 29.5 Å². The summed E-state index contributed by atoms with van der Waals surface area (Å²) in [7, 11) is 0. The first-order chi connectivity index (χ1) is 32.2. The standard InChI is InChI=1S/C59H38N6/c1-4-17-39(18-5-1)43-21-16-22-45(37-43)58-63-56(41-19-6-2-7-20-41)62-57(64-58)42-32-30-40(31-33-42)54-47-25-10-12-27-49(47)55(50-28-13-11-26-48(50)54)44-34-35-51-53(38-44)65(46-23-8-3-9-24-46)59(61-51)52-29-14-15-36-60-52/h1-38H. The highest BCUT2D eigenvalue weighted by atomic mass is 15.1. The fraction of sp³-hybridized carbons (Fsp3) is 0. The van der Waals surface area contributed by atoms with Crippen LogP contribution >= 0.6 is 0 Å². The van der Waals surface area contributed by atoms with Crippen molar-refractivity contribution < 1.29 is 0 Å². The number of pyridine rings is 1. The maximum atomic E-state index is 5.14. The molecule has 3 aromatic heterocycles. The number of hydrogen-bond donors (Lipinski definition) is 0. The highest BCUT2D eigenvalue weighted by molar-refractivity contribution is 6.21. The van der Waals surface area contributed by atoms with Gasteiger partial charge in [-0.2, -0.15) is 0 Å². The Morgan fingerprint density at radius 3 is 1.40 bits per heavy atom. The van der Waals surface area contributed by atoms with E-state index in [4.69, 9.17) is 24.9 Å². The lowest BCUT2D eigenvalue weighted by Gasteiger charge is -2.18. The molecule has 0 bridgehead atoms. The summed E-state index contributed by atoms with van der Waals surface area (Å²) < 4.78 is 2.22. The largest absolute Gasteiger partial charge is 0.291 e. The number of benzene rings is 9. The van der Waals surface area contributed by atoms with Crippen molar-refractivity contribution in [1.29, 1.82) is 0 Å². The monoisotopic (exact) mass is 830 g/mol. The van der Waals surface area contributed by atoms with Crippen molar-refractivity contribution in [3.63, 3.8) is 0 Å². The Morgan fingerprint density at radius 2 is 0.785 bits per heavy atom. The summed E-state index contributed by atoms with van der Waals surface area (Å²) in [5.41, 5.74) is 13.4. The number of aromatic nitrogens is 6. The molecule has 0 aliphatic heterocycles. The number of para-hydroxylation sites is 1. The first-order valence-corrected chi connectivity index (χ1v) is 21.7. The quantitative estimate of drug-likeness (QED) is 0.143. The normalized spacial score (nSPS) is 11.4. The molecule has 0 unspecified atom stereocenters. The molecule has 0 saturated carbocycles. The van der Waals surface area contributed by atoms with Gasteiger partial charge in [0.05, 0.1) is 11.0 Å². The predicted octanol–water partition coefficient (Wildman–Crippen LogP) is 14.6. The highest BCUT2D eigenvalue weighted by Gasteiger charge is 2.21. The van der Waals surface area contributed by atoms with Crippen LogP contribution < -0.4 is 0 Å². The Morgan fingerprint density at radius 1 is 0.308 bits per heavy atom. The average Bonchev–Trinajstić information content (AvgIpc) is 3.78.